The van der Waals surface area contributed by atoms with Gasteiger partial charge in [-0.05, 0) is 30.7 Å². The van der Waals surface area contributed by atoms with Crippen molar-refractivity contribution in [3.05, 3.63) is 35.5 Å². The van der Waals surface area contributed by atoms with Crippen molar-refractivity contribution >= 4 is 33.1 Å². The van der Waals surface area contributed by atoms with Crippen LogP contribution in [0.15, 0.2) is 24.4 Å². The van der Waals surface area contributed by atoms with Gasteiger partial charge in [-0.1, -0.05) is 11.3 Å². The van der Waals surface area contributed by atoms with Crippen LogP contribution in [0.5, 0.6) is 0 Å². The average molecular weight is 276 g/mol. The Kier molecular flexibility index (Phi) is 3.71. The zero-order valence-electron chi connectivity index (χ0n) is 11.1. The molecule has 19 heavy (non-hydrogen) atoms. The second-order valence-corrected chi connectivity index (χ2v) is 5.48. The Morgan fingerprint density at radius 3 is 2.68 bits per heavy atom. The summed E-state index contributed by atoms with van der Waals surface area (Å²) in [5, 5.41) is 3.83. The topological polar surface area (TPSA) is 71.2 Å². The summed E-state index contributed by atoms with van der Waals surface area (Å²) in [6, 6.07) is 5.71. The van der Waals surface area contributed by atoms with Crippen LogP contribution in [0.3, 0.4) is 0 Å². The number of carbonyl (C=O) groups excluding carboxylic acids is 1. The van der Waals surface area contributed by atoms with Gasteiger partial charge < -0.3 is 10.6 Å². The lowest BCUT2D eigenvalue weighted by Crippen LogP contribution is -2.14. The van der Waals surface area contributed by atoms with Gasteiger partial charge in [0.05, 0.1) is 6.20 Å². The van der Waals surface area contributed by atoms with Gasteiger partial charge in [0.25, 0.3) is 5.91 Å². The Bertz CT molecular complexity index is 606. The smallest absolute Gasteiger partial charge is 0.257 e. The second kappa shape index (κ2) is 5.27. The van der Waals surface area contributed by atoms with Crippen LogP contribution in [0, 0.1) is 6.92 Å². The molecule has 0 aliphatic rings. The Balaban J connectivity index is 2.19. The van der Waals surface area contributed by atoms with Crippen molar-refractivity contribution in [3.8, 4) is 0 Å². The molecule has 0 unspecified atom stereocenters. The molecule has 0 aliphatic carbocycles. The number of anilines is 3. The van der Waals surface area contributed by atoms with Gasteiger partial charge in [0, 0.05) is 25.3 Å². The number of nitrogen functional groups attached to an aromatic ring is 1. The predicted octanol–water partition coefficient (Wildman–Crippen LogP) is 2.35. The summed E-state index contributed by atoms with van der Waals surface area (Å²) in [7, 11) is 3.93. The predicted molar refractivity (Wildman–Crippen MR) is 80.0 cm³/mol. The van der Waals surface area contributed by atoms with Crippen molar-refractivity contribution < 1.29 is 4.79 Å². The summed E-state index contributed by atoms with van der Waals surface area (Å²) in [6.45, 7) is 1.91. The number of rotatable bonds is 3. The molecule has 1 aromatic carbocycles. The molecule has 0 atom stereocenters. The van der Waals surface area contributed by atoms with E-state index in [0.29, 0.717) is 15.7 Å². The first-order valence-electron chi connectivity index (χ1n) is 5.78. The van der Waals surface area contributed by atoms with E-state index >= 15 is 0 Å². The van der Waals surface area contributed by atoms with Gasteiger partial charge in [0.2, 0.25) is 0 Å². The Labute approximate surface area is 116 Å². The number of hydrogen-bond donors (Lipinski definition) is 2. The van der Waals surface area contributed by atoms with Crippen molar-refractivity contribution in [1.82, 2.24) is 4.98 Å². The molecule has 0 saturated heterocycles. The quantitative estimate of drug-likeness (QED) is 0.902. The summed E-state index contributed by atoms with van der Waals surface area (Å²) in [5.74, 6) is -0.169. The molecule has 2 aromatic rings. The Morgan fingerprint density at radius 1 is 1.42 bits per heavy atom. The number of carbonyl (C=O) groups is 1. The van der Waals surface area contributed by atoms with Gasteiger partial charge in [0.15, 0.2) is 5.13 Å². The van der Waals surface area contributed by atoms with E-state index in [2.05, 4.69) is 10.3 Å². The van der Waals surface area contributed by atoms with Gasteiger partial charge >= 0.3 is 0 Å². The van der Waals surface area contributed by atoms with Crippen molar-refractivity contribution in [3.63, 3.8) is 0 Å². The summed E-state index contributed by atoms with van der Waals surface area (Å²) in [4.78, 5) is 18.1. The third-order valence-corrected chi connectivity index (χ3v) is 3.46. The number of thiazole rings is 1. The molecule has 1 heterocycles. The van der Waals surface area contributed by atoms with Crippen molar-refractivity contribution in [1.29, 1.82) is 0 Å². The molecule has 6 heteroatoms. The number of nitrogens with two attached hydrogens (primary N) is 1. The monoisotopic (exact) mass is 276 g/mol. The molecule has 0 fully saturated rings. The van der Waals surface area contributed by atoms with E-state index in [9.17, 15) is 4.79 Å². The van der Waals surface area contributed by atoms with Gasteiger partial charge in [-0.2, -0.15) is 0 Å². The van der Waals surface area contributed by atoms with E-state index in [1.807, 2.05) is 44.1 Å². The molecule has 3 N–H and O–H groups in total. The number of aryl methyl sites for hydroxylation is 1. The molecule has 1 amide bonds. The molecule has 5 nitrogen and oxygen atoms in total. The molecule has 2 rings (SSSR count). The van der Waals surface area contributed by atoms with Gasteiger partial charge in [-0.15, -0.1) is 0 Å². The van der Waals surface area contributed by atoms with Crippen LogP contribution in [0.2, 0.25) is 0 Å². The normalized spacial score (nSPS) is 10.3. The number of aromatic nitrogens is 1. The highest BCUT2D eigenvalue weighted by Gasteiger charge is 2.12. The van der Waals surface area contributed by atoms with Crippen LogP contribution in [0.4, 0.5) is 15.8 Å². The zero-order valence-corrected chi connectivity index (χ0v) is 11.9. The molecule has 0 bridgehead atoms. The number of amides is 1. The van der Waals surface area contributed by atoms with Crippen molar-refractivity contribution in [2.45, 2.75) is 6.92 Å². The first-order chi connectivity index (χ1) is 8.97. The van der Waals surface area contributed by atoms with Gasteiger partial charge in [-0.25, -0.2) is 4.98 Å². The first-order valence-corrected chi connectivity index (χ1v) is 6.59. The minimum absolute atomic E-state index is 0.169. The Morgan fingerprint density at radius 2 is 2.16 bits per heavy atom. The maximum absolute atomic E-state index is 12.1. The second-order valence-electron chi connectivity index (χ2n) is 4.42. The van der Waals surface area contributed by atoms with Gasteiger partial charge in [0.1, 0.15) is 5.00 Å². The van der Waals surface area contributed by atoms with E-state index in [1.54, 1.807) is 0 Å². The highest BCUT2D eigenvalue weighted by molar-refractivity contribution is 7.19. The lowest BCUT2D eigenvalue weighted by molar-refractivity contribution is 0.102. The van der Waals surface area contributed by atoms with Crippen LogP contribution >= 0.6 is 11.3 Å². The van der Waals surface area contributed by atoms with E-state index < -0.39 is 0 Å². The SMILES string of the molecule is Cc1cc(N(C)C)ccc1C(=O)Nc1ncc(N)s1. The van der Waals surface area contributed by atoms with Crippen LogP contribution in [-0.2, 0) is 0 Å². The first kappa shape index (κ1) is 13.4. The molecule has 0 spiro atoms. The molecule has 1 aromatic heterocycles. The number of benzene rings is 1. The minimum atomic E-state index is -0.169. The summed E-state index contributed by atoms with van der Waals surface area (Å²) >= 11 is 1.25. The molecule has 0 aliphatic heterocycles. The zero-order chi connectivity index (χ0) is 14.0. The molecule has 0 saturated carbocycles. The third-order valence-electron chi connectivity index (χ3n) is 2.72. The number of nitrogens with zero attached hydrogens (tertiary/aromatic N) is 2. The fourth-order valence-electron chi connectivity index (χ4n) is 1.69. The maximum Gasteiger partial charge on any atom is 0.257 e. The fraction of sp³-hybridized carbons (Fsp3) is 0.231. The number of nitrogens with one attached hydrogen (secondary N) is 1. The van der Waals surface area contributed by atoms with E-state index in [0.717, 1.165) is 11.3 Å². The van der Waals surface area contributed by atoms with E-state index in [1.165, 1.54) is 17.5 Å². The standard InChI is InChI=1S/C13H16N4OS/c1-8-6-9(17(2)3)4-5-10(8)12(18)16-13-15-7-11(14)19-13/h4-7H,14H2,1-3H3,(H,15,16,18). The largest absolute Gasteiger partial charge is 0.389 e. The van der Waals surface area contributed by atoms with E-state index in [4.69, 9.17) is 5.73 Å². The summed E-state index contributed by atoms with van der Waals surface area (Å²) < 4.78 is 0. The van der Waals surface area contributed by atoms with Crippen LogP contribution in [-0.4, -0.2) is 25.0 Å². The average Bonchev–Trinajstić information content (AvgIpc) is 2.74. The van der Waals surface area contributed by atoms with Crippen LogP contribution in [0.1, 0.15) is 15.9 Å². The number of hydrogen-bond acceptors (Lipinski definition) is 5. The minimum Gasteiger partial charge on any atom is -0.389 e. The summed E-state index contributed by atoms with van der Waals surface area (Å²) in [6.07, 6.45) is 1.53. The van der Waals surface area contributed by atoms with Crippen LogP contribution < -0.4 is 16.0 Å². The van der Waals surface area contributed by atoms with Crippen molar-refractivity contribution in [2.24, 2.45) is 0 Å². The Hall–Kier alpha value is -2.08. The lowest BCUT2D eigenvalue weighted by atomic mass is 10.1. The van der Waals surface area contributed by atoms with Gasteiger partial charge in [-0.3, -0.25) is 10.1 Å². The lowest BCUT2D eigenvalue weighted by Gasteiger charge is -2.14. The molecular weight excluding hydrogens is 260 g/mol. The summed E-state index contributed by atoms with van der Waals surface area (Å²) in [5.41, 5.74) is 8.20. The molecule has 100 valence electrons. The molecule has 0 radical (unpaired) electrons. The van der Waals surface area contributed by atoms with Crippen LogP contribution in [0.25, 0.3) is 0 Å². The fourth-order valence-corrected chi connectivity index (χ4v) is 2.27. The highest BCUT2D eigenvalue weighted by Crippen LogP contribution is 2.22. The van der Waals surface area contributed by atoms with Crippen molar-refractivity contribution in [2.75, 3.05) is 30.0 Å². The van der Waals surface area contributed by atoms with E-state index in [-0.39, 0.29) is 5.91 Å². The maximum atomic E-state index is 12.1. The third kappa shape index (κ3) is 3.03. The highest BCUT2D eigenvalue weighted by atomic mass is 32.1. The molecular formula is C13H16N4OS.